The van der Waals surface area contributed by atoms with E-state index in [1.165, 1.54) is 0 Å². The van der Waals surface area contributed by atoms with Gasteiger partial charge in [0.25, 0.3) is 0 Å². The zero-order valence-electron chi connectivity index (χ0n) is 11.9. The van der Waals surface area contributed by atoms with Crippen LogP contribution in [0.3, 0.4) is 0 Å². The molecule has 0 amide bonds. The summed E-state index contributed by atoms with van der Waals surface area (Å²) in [6.07, 6.45) is 3.70. The fourth-order valence-corrected chi connectivity index (χ4v) is 2.43. The summed E-state index contributed by atoms with van der Waals surface area (Å²) in [6.45, 7) is 3.95. The van der Waals surface area contributed by atoms with Crippen LogP contribution >= 0.6 is 0 Å². The molecule has 0 unspecified atom stereocenters. The molecule has 0 radical (unpaired) electrons. The lowest BCUT2D eigenvalue weighted by atomic mass is 9.76. The third-order valence-corrected chi connectivity index (χ3v) is 3.71. The maximum absolute atomic E-state index is 12.3. The quantitative estimate of drug-likeness (QED) is 0.735. The third kappa shape index (κ3) is 3.35. The molecule has 1 fully saturated rings. The van der Waals surface area contributed by atoms with Gasteiger partial charge in [-0.1, -0.05) is 12.1 Å². The van der Waals surface area contributed by atoms with E-state index in [2.05, 4.69) is 0 Å². The molecule has 0 bridgehead atoms. The van der Waals surface area contributed by atoms with Gasteiger partial charge in [0.15, 0.2) is 5.78 Å². The highest BCUT2D eigenvalue weighted by atomic mass is 16.5. The molecule has 0 heterocycles. The van der Waals surface area contributed by atoms with Gasteiger partial charge in [-0.2, -0.15) is 0 Å². The highest BCUT2D eigenvalue weighted by Gasteiger charge is 2.39. The van der Waals surface area contributed by atoms with Crippen LogP contribution in [0.1, 0.15) is 49.9 Å². The second-order valence-corrected chi connectivity index (χ2v) is 5.54. The highest BCUT2D eigenvalue weighted by molar-refractivity contribution is 5.97. The second kappa shape index (κ2) is 5.74. The zero-order chi connectivity index (χ0) is 13.9. The molecule has 104 valence electrons. The van der Waals surface area contributed by atoms with Gasteiger partial charge in [-0.3, -0.25) is 4.79 Å². The summed E-state index contributed by atoms with van der Waals surface area (Å²) >= 11 is 0. The number of rotatable bonds is 6. The fourth-order valence-electron chi connectivity index (χ4n) is 2.43. The van der Waals surface area contributed by atoms with E-state index in [0.717, 1.165) is 25.0 Å². The molecular formula is C16H22O3. The lowest BCUT2D eigenvalue weighted by Gasteiger charge is -2.40. The van der Waals surface area contributed by atoms with Gasteiger partial charge >= 0.3 is 0 Å². The third-order valence-electron chi connectivity index (χ3n) is 3.71. The molecule has 0 saturated heterocycles. The van der Waals surface area contributed by atoms with Gasteiger partial charge in [0.05, 0.1) is 11.7 Å². The molecule has 1 saturated carbocycles. The maximum atomic E-state index is 12.3. The molecule has 0 spiro atoms. The Balaban J connectivity index is 2.06. The van der Waals surface area contributed by atoms with E-state index in [1.54, 1.807) is 7.11 Å². The second-order valence-electron chi connectivity index (χ2n) is 5.54. The first-order valence-corrected chi connectivity index (χ1v) is 6.90. The number of carbonyl (C=O) groups is 1. The van der Waals surface area contributed by atoms with Crippen molar-refractivity contribution >= 4 is 5.78 Å². The van der Waals surface area contributed by atoms with Crippen molar-refractivity contribution < 1.29 is 14.3 Å². The summed E-state index contributed by atoms with van der Waals surface area (Å²) in [6, 6.07) is 7.42. The Bertz CT molecular complexity index is 442. The number of ether oxygens (including phenoxy) is 2. The summed E-state index contributed by atoms with van der Waals surface area (Å²) < 4.78 is 11.1. The Kier molecular flexibility index (Phi) is 4.25. The summed E-state index contributed by atoms with van der Waals surface area (Å²) in [4.78, 5) is 12.3. The van der Waals surface area contributed by atoms with E-state index in [-0.39, 0.29) is 17.5 Å². The van der Waals surface area contributed by atoms with Crippen molar-refractivity contribution in [3.05, 3.63) is 29.8 Å². The molecule has 0 aliphatic heterocycles. The van der Waals surface area contributed by atoms with Crippen LogP contribution in [0, 0.1) is 0 Å². The topological polar surface area (TPSA) is 35.5 Å². The van der Waals surface area contributed by atoms with Crippen LogP contribution in [-0.2, 0) is 4.74 Å². The number of benzene rings is 1. The minimum Gasteiger partial charge on any atom is -0.491 e. The van der Waals surface area contributed by atoms with Crippen LogP contribution in [0.5, 0.6) is 5.75 Å². The first-order chi connectivity index (χ1) is 9.04. The molecule has 0 N–H and O–H groups in total. The first-order valence-electron chi connectivity index (χ1n) is 6.90. The molecule has 1 aliphatic carbocycles. The predicted molar refractivity (Wildman–Crippen MR) is 74.7 cm³/mol. The van der Waals surface area contributed by atoms with E-state index < -0.39 is 0 Å². The Labute approximate surface area is 114 Å². The van der Waals surface area contributed by atoms with E-state index in [1.807, 2.05) is 38.1 Å². The van der Waals surface area contributed by atoms with E-state index in [9.17, 15) is 4.79 Å². The normalized spacial score (nSPS) is 17.1. The number of carbonyl (C=O) groups excluding carboxylic acids is 1. The van der Waals surface area contributed by atoms with Crippen molar-refractivity contribution in [2.24, 2.45) is 0 Å². The van der Waals surface area contributed by atoms with Gasteiger partial charge in [-0.05, 0) is 45.2 Å². The lowest BCUT2D eigenvalue weighted by molar-refractivity contribution is -0.0704. The van der Waals surface area contributed by atoms with Gasteiger partial charge in [-0.15, -0.1) is 0 Å². The van der Waals surface area contributed by atoms with E-state index >= 15 is 0 Å². The summed E-state index contributed by atoms with van der Waals surface area (Å²) in [5.41, 5.74) is 0.493. The summed E-state index contributed by atoms with van der Waals surface area (Å²) in [7, 11) is 1.70. The number of hydrogen-bond acceptors (Lipinski definition) is 3. The van der Waals surface area contributed by atoms with E-state index in [0.29, 0.717) is 12.0 Å². The SMILES string of the molecule is COC1(CC(=O)c2cccc(OC(C)C)c2)CCC1. The minimum atomic E-state index is -0.216. The molecule has 2 rings (SSSR count). The Morgan fingerprint density at radius 2 is 2.11 bits per heavy atom. The molecular weight excluding hydrogens is 240 g/mol. The minimum absolute atomic E-state index is 0.113. The Morgan fingerprint density at radius 3 is 2.63 bits per heavy atom. The van der Waals surface area contributed by atoms with Gasteiger partial charge in [0.1, 0.15) is 5.75 Å². The summed E-state index contributed by atoms with van der Waals surface area (Å²) in [5, 5.41) is 0. The van der Waals surface area contributed by atoms with Crippen LogP contribution in [-0.4, -0.2) is 24.6 Å². The molecule has 0 aromatic heterocycles. The van der Waals surface area contributed by atoms with Gasteiger partial charge in [-0.25, -0.2) is 0 Å². The fraction of sp³-hybridized carbons (Fsp3) is 0.562. The van der Waals surface area contributed by atoms with Gasteiger partial charge in [0, 0.05) is 19.1 Å². The molecule has 19 heavy (non-hydrogen) atoms. The monoisotopic (exact) mass is 262 g/mol. The van der Waals surface area contributed by atoms with Crippen molar-refractivity contribution in [3.8, 4) is 5.75 Å². The van der Waals surface area contributed by atoms with Crippen molar-refractivity contribution in [3.63, 3.8) is 0 Å². The van der Waals surface area contributed by atoms with Crippen LogP contribution in [0.25, 0.3) is 0 Å². The Hall–Kier alpha value is -1.35. The van der Waals surface area contributed by atoms with Crippen LogP contribution in [0.15, 0.2) is 24.3 Å². The number of Topliss-reactive ketones (excluding diaryl/α,β-unsaturated/α-hetero) is 1. The van der Waals surface area contributed by atoms with Crippen molar-refractivity contribution in [1.82, 2.24) is 0 Å². The predicted octanol–water partition coefficient (Wildman–Crippen LogP) is 3.62. The molecule has 3 heteroatoms. The smallest absolute Gasteiger partial charge is 0.165 e. The summed E-state index contributed by atoms with van der Waals surface area (Å²) in [5.74, 6) is 0.886. The van der Waals surface area contributed by atoms with Gasteiger partial charge in [0.2, 0.25) is 0 Å². The maximum Gasteiger partial charge on any atom is 0.165 e. The average Bonchev–Trinajstić information content (AvgIpc) is 2.33. The number of methoxy groups -OCH3 is 1. The van der Waals surface area contributed by atoms with Crippen molar-refractivity contribution in [2.45, 2.75) is 51.2 Å². The van der Waals surface area contributed by atoms with Crippen LogP contribution in [0.4, 0.5) is 0 Å². The van der Waals surface area contributed by atoms with Crippen LogP contribution in [0.2, 0.25) is 0 Å². The zero-order valence-corrected chi connectivity index (χ0v) is 11.9. The molecule has 1 aromatic rings. The van der Waals surface area contributed by atoms with Crippen molar-refractivity contribution in [1.29, 1.82) is 0 Å². The standard InChI is InChI=1S/C16H22O3/c1-12(2)19-14-7-4-6-13(10-14)15(17)11-16(18-3)8-5-9-16/h4,6-7,10,12H,5,8-9,11H2,1-3H3. The molecule has 0 atom stereocenters. The van der Waals surface area contributed by atoms with E-state index in [4.69, 9.17) is 9.47 Å². The lowest BCUT2D eigenvalue weighted by Crippen LogP contribution is -2.41. The number of ketones is 1. The van der Waals surface area contributed by atoms with Crippen molar-refractivity contribution in [2.75, 3.05) is 7.11 Å². The highest BCUT2D eigenvalue weighted by Crippen LogP contribution is 2.38. The van der Waals surface area contributed by atoms with Crippen LogP contribution < -0.4 is 4.74 Å². The molecule has 1 aromatic carbocycles. The largest absolute Gasteiger partial charge is 0.491 e. The average molecular weight is 262 g/mol. The number of hydrogen-bond donors (Lipinski definition) is 0. The first kappa shape index (κ1) is 14.1. The molecule has 1 aliphatic rings. The Morgan fingerprint density at radius 1 is 1.37 bits per heavy atom. The molecule has 3 nitrogen and oxygen atoms in total. The van der Waals surface area contributed by atoms with Gasteiger partial charge < -0.3 is 9.47 Å².